The van der Waals surface area contributed by atoms with E-state index in [-0.39, 0.29) is 28.4 Å². The second kappa shape index (κ2) is 9.60. The van der Waals surface area contributed by atoms with Gasteiger partial charge in [-0.1, -0.05) is 12.1 Å². The predicted molar refractivity (Wildman–Crippen MR) is 115 cm³/mol. The summed E-state index contributed by atoms with van der Waals surface area (Å²) in [4.78, 5) is 57.5. The molecule has 3 rings (SSSR count). The number of hydrogen-bond donors (Lipinski definition) is 3. The van der Waals surface area contributed by atoms with Crippen LogP contribution in [0.25, 0.3) is 6.08 Å². The number of methoxy groups -OCH3 is 1. The van der Waals surface area contributed by atoms with Crippen molar-refractivity contribution in [3.63, 3.8) is 0 Å². The van der Waals surface area contributed by atoms with Crippen molar-refractivity contribution < 1.29 is 33.6 Å². The number of nitrogens with zero attached hydrogens (tertiary/aromatic N) is 1. The number of imide groups is 2. The molecule has 1 saturated heterocycles. The fourth-order valence-electron chi connectivity index (χ4n) is 2.85. The molecule has 170 valence electrons. The molecule has 33 heavy (non-hydrogen) atoms. The molecule has 0 radical (unpaired) electrons. The van der Waals surface area contributed by atoms with Crippen LogP contribution in [0.15, 0.2) is 42.0 Å². The number of amides is 5. The van der Waals surface area contributed by atoms with Gasteiger partial charge in [-0.15, -0.1) is 0 Å². The van der Waals surface area contributed by atoms with Crippen molar-refractivity contribution >= 4 is 41.2 Å². The van der Waals surface area contributed by atoms with Gasteiger partial charge in [0.15, 0.2) is 18.1 Å². The van der Waals surface area contributed by atoms with Gasteiger partial charge in [-0.25, -0.2) is 4.79 Å². The first kappa shape index (κ1) is 22.9. The number of aryl methyl sites for hydroxylation is 1. The first-order valence-corrected chi connectivity index (χ1v) is 9.42. The van der Waals surface area contributed by atoms with Gasteiger partial charge in [-0.05, 0) is 36.3 Å². The number of rotatable bonds is 7. The van der Waals surface area contributed by atoms with Gasteiger partial charge in [-0.3, -0.25) is 35.1 Å². The molecule has 0 atom stereocenters. The summed E-state index contributed by atoms with van der Waals surface area (Å²) in [5.41, 5.74) is 0.908. The van der Waals surface area contributed by atoms with Crippen LogP contribution in [0, 0.1) is 17.0 Å². The van der Waals surface area contributed by atoms with Crippen LogP contribution in [-0.2, 0) is 14.4 Å². The van der Waals surface area contributed by atoms with Crippen LogP contribution in [-0.4, -0.2) is 42.4 Å². The van der Waals surface area contributed by atoms with E-state index in [0.29, 0.717) is 11.1 Å². The Morgan fingerprint density at radius 1 is 1.09 bits per heavy atom. The lowest BCUT2D eigenvalue weighted by Gasteiger charge is -2.15. The van der Waals surface area contributed by atoms with Gasteiger partial charge in [0.05, 0.1) is 17.7 Å². The van der Waals surface area contributed by atoms with Crippen LogP contribution in [0.2, 0.25) is 0 Å². The number of non-ortho nitro benzene ring substituents is 1. The van der Waals surface area contributed by atoms with Crippen molar-refractivity contribution in [3.05, 3.63) is 63.2 Å². The van der Waals surface area contributed by atoms with E-state index in [1.807, 2.05) is 10.6 Å². The van der Waals surface area contributed by atoms with Crippen molar-refractivity contribution in [1.29, 1.82) is 0 Å². The zero-order chi connectivity index (χ0) is 24.1. The normalized spacial score (nSPS) is 13.0. The largest absolute Gasteiger partial charge is 0.493 e. The minimum Gasteiger partial charge on any atom is -0.493 e. The number of anilines is 1. The lowest BCUT2D eigenvalue weighted by atomic mass is 10.1. The minimum absolute atomic E-state index is 0.159. The maximum Gasteiger partial charge on any atom is 0.328 e. The summed E-state index contributed by atoms with van der Waals surface area (Å²) in [6, 6.07) is 7.67. The molecule has 12 heteroatoms. The van der Waals surface area contributed by atoms with Crippen LogP contribution in [0.3, 0.4) is 0 Å². The molecule has 0 spiro atoms. The Labute approximate surface area is 186 Å². The van der Waals surface area contributed by atoms with Crippen LogP contribution >= 0.6 is 0 Å². The molecule has 0 unspecified atom stereocenters. The molecule has 2 aromatic carbocycles. The van der Waals surface area contributed by atoms with Gasteiger partial charge in [0, 0.05) is 12.1 Å². The molecule has 1 heterocycles. The molecule has 1 fully saturated rings. The Morgan fingerprint density at radius 2 is 1.79 bits per heavy atom. The van der Waals surface area contributed by atoms with Crippen molar-refractivity contribution in [1.82, 2.24) is 10.6 Å². The second-order valence-corrected chi connectivity index (χ2v) is 6.80. The molecular formula is C21H18N4O8. The number of carbonyl (C=O) groups excluding carboxylic acids is 4. The Morgan fingerprint density at radius 3 is 2.42 bits per heavy atom. The Bertz CT molecular complexity index is 1180. The lowest BCUT2D eigenvalue weighted by Crippen LogP contribution is -2.51. The second-order valence-electron chi connectivity index (χ2n) is 6.80. The topological polar surface area (TPSA) is 166 Å². The summed E-state index contributed by atoms with van der Waals surface area (Å²) in [6.07, 6.45) is 1.27. The van der Waals surface area contributed by atoms with Gasteiger partial charge >= 0.3 is 6.03 Å². The lowest BCUT2D eigenvalue weighted by molar-refractivity contribution is -0.384. The van der Waals surface area contributed by atoms with Gasteiger partial charge in [0.2, 0.25) is 0 Å². The Hall–Kier alpha value is -4.74. The van der Waals surface area contributed by atoms with Crippen LogP contribution in [0.4, 0.5) is 16.2 Å². The third-order valence-electron chi connectivity index (χ3n) is 4.51. The molecule has 12 nitrogen and oxygen atoms in total. The maximum atomic E-state index is 12.3. The highest BCUT2D eigenvalue weighted by Crippen LogP contribution is 2.29. The number of urea groups is 1. The molecule has 0 aromatic heterocycles. The minimum atomic E-state index is -0.901. The molecule has 1 aliphatic heterocycles. The predicted octanol–water partition coefficient (Wildman–Crippen LogP) is 1.68. The summed E-state index contributed by atoms with van der Waals surface area (Å²) >= 11 is 0. The highest BCUT2D eigenvalue weighted by atomic mass is 16.6. The molecule has 2 aromatic rings. The Kier molecular flexibility index (Phi) is 6.67. The number of nitrogens with one attached hydrogen (secondary N) is 3. The number of nitro groups is 1. The smallest absolute Gasteiger partial charge is 0.328 e. The van der Waals surface area contributed by atoms with Crippen LogP contribution in [0.5, 0.6) is 11.5 Å². The first-order chi connectivity index (χ1) is 15.7. The number of barbiturate groups is 1. The highest BCUT2D eigenvalue weighted by Gasteiger charge is 2.27. The molecular weight excluding hydrogens is 436 g/mol. The van der Waals surface area contributed by atoms with Crippen LogP contribution in [0.1, 0.15) is 11.1 Å². The van der Waals surface area contributed by atoms with Gasteiger partial charge in [-0.2, -0.15) is 0 Å². The quantitative estimate of drug-likeness (QED) is 0.246. The monoisotopic (exact) mass is 454 g/mol. The van der Waals surface area contributed by atoms with E-state index in [0.717, 1.165) is 0 Å². The van der Waals surface area contributed by atoms with Gasteiger partial charge in [0.1, 0.15) is 5.57 Å². The number of ether oxygens (including phenoxy) is 2. The number of benzene rings is 2. The van der Waals surface area contributed by atoms with E-state index in [1.54, 1.807) is 6.92 Å². The van der Waals surface area contributed by atoms with E-state index in [2.05, 4.69) is 5.32 Å². The first-order valence-electron chi connectivity index (χ1n) is 9.42. The number of nitro benzene ring substituents is 1. The number of hydrogen-bond acceptors (Lipinski definition) is 8. The van der Waals surface area contributed by atoms with E-state index in [4.69, 9.17) is 9.47 Å². The summed E-state index contributed by atoms with van der Waals surface area (Å²) in [7, 11) is 1.37. The number of carbonyl (C=O) groups is 4. The van der Waals surface area contributed by atoms with Crippen molar-refractivity contribution in [2.45, 2.75) is 6.92 Å². The zero-order valence-corrected chi connectivity index (χ0v) is 17.5. The summed E-state index contributed by atoms with van der Waals surface area (Å²) in [6.45, 7) is 1.28. The van der Waals surface area contributed by atoms with Crippen molar-refractivity contribution in [3.8, 4) is 11.5 Å². The summed E-state index contributed by atoms with van der Waals surface area (Å²) < 4.78 is 10.7. The Balaban J connectivity index is 1.70. The molecule has 3 N–H and O–H groups in total. The van der Waals surface area contributed by atoms with Crippen molar-refractivity contribution in [2.75, 3.05) is 19.0 Å². The molecule has 5 amide bonds. The zero-order valence-electron chi connectivity index (χ0n) is 17.5. The average molecular weight is 454 g/mol. The third kappa shape index (κ3) is 5.50. The summed E-state index contributed by atoms with van der Waals surface area (Å²) in [5, 5.41) is 17.4. The van der Waals surface area contributed by atoms with E-state index in [9.17, 15) is 29.3 Å². The van der Waals surface area contributed by atoms with E-state index < -0.39 is 35.3 Å². The highest BCUT2D eigenvalue weighted by molar-refractivity contribution is 6.31. The van der Waals surface area contributed by atoms with Gasteiger partial charge in [0.25, 0.3) is 23.4 Å². The van der Waals surface area contributed by atoms with Crippen LogP contribution < -0.4 is 25.4 Å². The molecule has 0 bridgehead atoms. The molecule has 1 aliphatic rings. The summed E-state index contributed by atoms with van der Waals surface area (Å²) in [5.74, 6) is -1.80. The fraction of sp³-hybridized carbons (Fsp3) is 0.143. The average Bonchev–Trinajstić information content (AvgIpc) is 2.76. The molecule has 0 aliphatic carbocycles. The molecule has 0 saturated carbocycles. The van der Waals surface area contributed by atoms with Crippen molar-refractivity contribution in [2.24, 2.45) is 0 Å². The third-order valence-corrected chi connectivity index (χ3v) is 4.51. The standard InChI is InChI=1S/C21H18N4O8/c1-11-3-5-13(25(30)31)9-15(11)22-18(26)10-33-16-6-4-12(8-17(16)32-2)7-14-19(27)23-21(29)24-20(14)28/h3-9H,10H2,1-2H3,(H,22,26)(H2,23,24,27,28,29). The fourth-order valence-corrected chi connectivity index (χ4v) is 2.85. The maximum absolute atomic E-state index is 12.3. The van der Waals surface area contributed by atoms with E-state index >= 15 is 0 Å². The van der Waals surface area contributed by atoms with E-state index in [1.165, 1.54) is 49.6 Å². The van der Waals surface area contributed by atoms with Gasteiger partial charge < -0.3 is 14.8 Å². The SMILES string of the molecule is COc1cc(C=C2C(=O)NC(=O)NC2=O)ccc1OCC(=O)Nc1cc([N+](=O)[O-])ccc1C.